The van der Waals surface area contributed by atoms with Crippen molar-refractivity contribution in [3.63, 3.8) is 0 Å². The molecule has 0 aliphatic carbocycles. The number of oxime groups is 1. The predicted molar refractivity (Wildman–Crippen MR) is 148 cm³/mol. The van der Waals surface area contributed by atoms with Crippen molar-refractivity contribution in [2.45, 2.75) is 66.6 Å². The minimum atomic E-state index is -0.507. The van der Waals surface area contributed by atoms with Crippen LogP contribution in [0, 0.1) is 13.8 Å². The van der Waals surface area contributed by atoms with Crippen LogP contribution in [0.4, 0.5) is 0 Å². The fraction of sp³-hybridized carbons (Fsp3) is 0.370. The van der Waals surface area contributed by atoms with Gasteiger partial charge in [-0.1, -0.05) is 17.3 Å². The summed E-state index contributed by atoms with van der Waals surface area (Å²) in [5, 5.41) is 26.3. The van der Waals surface area contributed by atoms with Gasteiger partial charge in [-0.2, -0.15) is 0 Å². The molecule has 41 heavy (non-hydrogen) atoms. The third-order valence-corrected chi connectivity index (χ3v) is 4.12. The Balaban J connectivity index is -0.000000269. The summed E-state index contributed by atoms with van der Waals surface area (Å²) < 4.78 is 10.5. The van der Waals surface area contributed by atoms with Gasteiger partial charge in [0, 0.05) is 5.56 Å². The van der Waals surface area contributed by atoms with E-state index in [4.69, 9.17) is 29.9 Å². The number of nitrogens with two attached hydrogens (primary N) is 1. The number of nitrogens with zero attached hydrogens (tertiary/aromatic N) is 1. The molecule has 0 saturated heterocycles. The second kappa shape index (κ2) is 22.8. The quantitative estimate of drug-likeness (QED) is 0.0822. The molecular weight excluding hydrogens is 571 g/mol. The van der Waals surface area contributed by atoms with Crippen molar-refractivity contribution in [1.82, 2.24) is 0 Å². The van der Waals surface area contributed by atoms with Crippen LogP contribution in [-0.2, 0) is 19.2 Å². The van der Waals surface area contributed by atoms with E-state index in [1.54, 1.807) is 43.3 Å². The topological polar surface area (TPSA) is 198 Å². The Morgan fingerprint density at radius 2 is 1.17 bits per heavy atom. The second-order valence-corrected chi connectivity index (χ2v) is 9.71. The monoisotopic (exact) mass is 608 g/mol. The van der Waals surface area contributed by atoms with E-state index in [1.165, 1.54) is 6.21 Å². The van der Waals surface area contributed by atoms with E-state index in [0.29, 0.717) is 16.7 Å². The van der Waals surface area contributed by atoms with Crippen LogP contribution in [-0.4, -0.2) is 52.5 Å². The Morgan fingerprint density at radius 3 is 1.44 bits per heavy atom. The minimum Gasteiger partial charge on any atom is -0.662 e. The van der Waals surface area contributed by atoms with Crippen LogP contribution in [0.3, 0.4) is 0 Å². The summed E-state index contributed by atoms with van der Waals surface area (Å²) >= 11 is 0. The fourth-order valence-electron chi connectivity index (χ4n) is 2.72. The van der Waals surface area contributed by atoms with Crippen molar-refractivity contribution in [3.8, 4) is 0 Å². The molecule has 0 aliphatic rings. The molecule has 0 fully saturated rings. The fourth-order valence-corrected chi connectivity index (χ4v) is 2.72. The number of rotatable bonds is 5. The number of hydrogen-bond donors (Lipinski definition) is 3. The van der Waals surface area contributed by atoms with Gasteiger partial charge in [0.05, 0.1) is 17.3 Å². The first-order valence-electron chi connectivity index (χ1n) is 11.4. The summed E-state index contributed by atoms with van der Waals surface area (Å²) in [6, 6.07) is 10.0. The van der Waals surface area contributed by atoms with Crippen LogP contribution >= 0.6 is 12.4 Å². The summed E-state index contributed by atoms with van der Waals surface area (Å²) in [5.74, 6) is 2.80. The van der Waals surface area contributed by atoms with E-state index in [1.807, 2.05) is 48.5 Å². The van der Waals surface area contributed by atoms with E-state index in [9.17, 15) is 14.4 Å². The molecule has 0 unspecified atom stereocenters. The maximum Gasteiger partial charge on any atom is 1.00 e. The standard InChI is InChI=1S/C13H17NO3.C13H16O3.CH2O3.ClH.H3NO.Na/c1-9-7-10(8-14-16)5-6-11(9)12(15)17-13(2,3)4;1-9-7-10(8-14)5-6-11(9)12(15)16-13(2,3)4;2-1-4-3;;1-2;/h5-8,16H,1-4H3;5-8H,1-4H3;1,3H;1H;2H,1H2;/q;;;;;+1/p-1/b14-8+;;;;;. The van der Waals surface area contributed by atoms with Crippen molar-refractivity contribution < 1.29 is 78.8 Å². The summed E-state index contributed by atoms with van der Waals surface area (Å²) in [7, 11) is 0. The van der Waals surface area contributed by atoms with Gasteiger partial charge in [-0.25, -0.2) is 15.5 Å². The van der Waals surface area contributed by atoms with Gasteiger partial charge in [0.1, 0.15) is 17.5 Å². The molecule has 0 bridgehead atoms. The molecular formula is C27H38ClN2NaO10. The number of carbonyl (C=O) groups is 4. The first kappa shape index (κ1) is 45.2. The van der Waals surface area contributed by atoms with Gasteiger partial charge in [0.25, 0.3) is 6.47 Å². The molecule has 0 aliphatic heterocycles. The smallest absolute Gasteiger partial charge is 0.662 e. The third-order valence-electron chi connectivity index (χ3n) is 4.12. The number of hydrogen-bond acceptors (Lipinski definition) is 12. The summed E-state index contributed by atoms with van der Waals surface area (Å²) in [4.78, 5) is 45.4. The Kier molecular flexibility index (Phi) is 25.1. The first-order valence-corrected chi connectivity index (χ1v) is 11.4. The van der Waals surface area contributed by atoms with E-state index in [0.717, 1.165) is 23.0 Å². The number of esters is 2. The zero-order valence-corrected chi connectivity index (χ0v) is 27.6. The van der Waals surface area contributed by atoms with E-state index < -0.39 is 11.2 Å². The van der Waals surface area contributed by atoms with Crippen LogP contribution in [0.15, 0.2) is 41.6 Å². The molecule has 0 spiro atoms. The zero-order chi connectivity index (χ0) is 30.8. The molecule has 0 aromatic heterocycles. The van der Waals surface area contributed by atoms with E-state index >= 15 is 0 Å². The van der Waals surface area contributed by atoms with Crippen LogP contribution < -0.4 is 40.7 Å². The Bertz CT molecular complexity index is 1110. The van der Waals surface area contributed by atoms with Gasteiger partial charge in [-0.15, -0.1) is 12.4 Å². The number of aldehydes is 1. The molecule has 0 amide bonds. The Hall–Kier alpha value is -2.84. The maximum absolute atomic E-state index is 11.8. The third kappa shape index (κ3) is 20.7. The van der Waals surface area contributed by atoms with Crippen LogP contribution in [0.2, 0.25) is 0 Å². The molecule has 12 nitrogen and oxygen atoms in total. The Labute approximate surface area is 268 Å². The molecule has 2 aromatic carbocycles. The number of ether oxygens (including phenoxy) is 2. The molecule has 4 N–H and O–H groups in total. The number of carbonyl (C=O) groups excluding carboxylic acids is 4. The first-order chi connectivity index (χ1) is 18.1. The Morgan fingerprint density at radius 1 is 0.829 bits per heavy atom. The zero-order valence-electron chi connectivity index (χ0n) is 24.8. The van der Waals surface area contributed by atoms with Gasteiger partial charge in [0.2, 0.25) is 0 Å². The molecule has 0 saturated carbocycles. The van der Waals surface area contributed by atoms with Crippen molar-refractivity contribution in [3.05, 3.63) is 69.8 Å². The van der Waals surface area contributed by atoms with E-state index in [2.05, 4.69) is 15.9 Å². The van der Waals surface area contributed by atoms with Crippen LogP contribution in [0.1, 0.15) is 89.3 Å². The van der Waals surface area contributed by atoms with Crippen molar-refractivity contribution in [2.24, 2.45) is 11.1 Å². The summed E-state index contributed by atoms with van der Waals surface area (Å²) in [6.45, 7) is 14.4. The predicted octanol–water partition coefficient (Wildman–Crippen LogP) is 0.716. The van der Waals surface area contributed by atoms with Crippen LogP contribution in [0.25, 0.3) is 0 Å². The number of aryl methyl sites for hydroxylation is 2. The van der Waals surface area contributed by atoms with Gasteiger partial charge >= 0.3 is 41.5 Å². The summed E-state index contributed by atoms with van der Waals surface area (Å²) in [6.07, 6.45) is 2.07. The average Bonchev–Trinajstić information content (AvgIpc) is 2.83. The maximum atomic E-state index is 11.8. The van der Waals surface area contributed by atoms with E-state index in [-0.39, 0.29) is 60.4 Å². The molecule has 2 aromatic rings. The average molecular weight is 609 g/mol. The van der Waals surface area contributed by atoms with Gasteiger partial charge in [0.15, 0.2) is 0 Å². The van der Waals surface area contributed by atoms with Gasteiger partial charge < -0.3 is 30.0 Å². The molecule has 0 atom stereocenters. The molecule has 0 heterocycles. The van der Waals surface area contributed by atoms with Crippen molar-refractivity contribution in [1.29, 1.82) is 0 Å². The molecule has 2 rings (SSSR count). The number of halogens is 1. The van der Waals surface area contributed by atoms with Gasteiger partial charge in [-0.3, -0.25) is 9.59 Å². The van der Waals surface area contributed by atoms with Gasteiger partial charge in [-0.05, 0) is 96.3 Å². The second-order valence-electron chi connectivity index (χ2n) is 9.71. The molecule has 14 heteroatoms. The normalized spacial score (nSPS) is 9.83. The SMILES string of the molecule is Cc1cc(/C=N/O)ccc1C(=O)OC(C)(C)C.Cc1cc(C=O)ccc1C(=O)OC(C)(C)C.Cl.NO.O=CO[O-].[Na+]. The van der Waals surface area contributed by atoms with Crippen LogP contribution in [0.5, 0.6) is 0 Å². The minimum absolute atomic E-state index is 0. The number of benzene rings is 2. The van der Waals surface area contributed by atoms with Crippen molar-refractivity contribution in [2.75, 3.05) is 0 Å². The summed E-state index contributed by atoms with van der Waals surface area (Å²) in [5.41, 5.74) is 2.84. The van der Waals surface area contributed by atoms with Crippen molar-refractivity contribution >= 4 is 43.3 Å². The molecule has 224 valence electrons. The largest absolute Gasteiger partial charge is 1.00 e. The molecule has 0 radical (unpaired) electrons.